The zero-order chi connectivity index (χ0) is 15.2. The second kappa shape index (κ2) is 5.40. The van der Waals surface area contributed by atoms with E-state index in [2.05, 4.69) is 75.4 Å². The van der Waals surface area contributed by atoms with Gasteiger partial charge in [0.2, 0.25) is 0 Å². The molecule has 19 heavy (non-hydrogen) atoms. The minimum atomic E-state index is -1.53. The first-order valence-electron chi connectivity index (χ1n) is 7.91. The van der Waals surface area contributed by atoms with E-state index in [-0.39, 0.29) is 0 Å². The average Bonchev–Trinajstić information content (AvgIpc) is 2.55. The Labute approximate surface area is 124 Å². The number of hydrogen-bond donors (Lipinski definition) is 0. The van der Waals surface area contributed by atoms with Gasteiger partial charge in [0.1, 0.15) is 16.5 Å². The first kappa shape index (κ1) is 17.6. The van der Waals surface area contributed by atoms with Crippen LogP contribution < -0.4 is 0 Å². The summed E-state index contributed by atoms with van der Waals surface area (Å²) < 4.78 is 6.13. The molecule has 1 fully saturated rings. The van der Waals surface area contributed by atoms with Crippen molar-refractivity contribution in [1.29, 1.82) is 0 Å². The highest BCUT2D eigenvalue weighted by atomic mass is 28.4. The molecular weight excluding hydrogens is 280 g/mol. The molecule has 5 heteroatoms. The molecule has 1 aliphatic rings. The molecule has 0 bridgehead atoms. The van der Waals surface area contributed by atoms with Crippen molar-refractivity contribution in [3.05, 3.63) is 0 Å². The predicted octanol–water partition coefficient (Wildman–Crippen LogP) is 4.54. The van der Waals surface area contributed by atoms with E-state index in [4.69, 9.17) is 0 Å². The van der Waals surface area contributed by atoms with Gasteiger partial charge in [-0.1, -0.05) is 67.0 Å². The normalized spacial score (nSPS) is 22.7. The molecule has 1 heterocycles. The summed E-state index contributed by atoms with van der Waals surface area (Å²) in [5.74, 6) is 0. The largest absolute Gasteiger partial charge is 0.332 e. The molecule has 0 aromatic heterocycles. The minimum Gasteiger partial charge on any atom is -0.332 e. The van der Waals surface area contributed by atoms with Gasteiger partial charge in [0.15, 0.2) is 8.40 Å². The third kappa shape index (κ3) is 2.95. The molecule has 0 radical (unpaired) electrons. The van der Waals surface area contributed by atoms with Crippen LogP contribution in [0.15, 0.2) is 0 Å². The summed E-state index contributed by atoms with van der Waals surface area (Å²) in [5.41, 5.74) is 1.65. The topological polar surface area (TPSA) is 6.48 Å². The molecule has 0 unspecified atom stereocenters. The summed E-state index contributed by atoms with van der Waals surface area (Å²) in [7, 11) is -3.99. The van der Waals surface area contributed by atoms with E-state index < -0.39 is 24.9 Å². The Morgan fingerprint density at radius 3 is 1.11 bits per heavy atom. The third-order valence-electron chi connectivity index (χ3n) is 4.73. The Kier molecular flexibility index (Phi) is 5.01. The predicted molar refractivity (Wildman–Crippen MR) is 96.1 cm³/mol. The summed E-state index contributed by atoms with van der Waals surface area (Å²) >= 11 is 0. The summed E-state index contributed by atoms with van der Waals surface area (Å²) in [4.78, 5) is 0. The maximum absolute atomic E-state index is 3.06. The van der Waals surface area contributed by atoms with Gasteiger partial charge in [0, 0.05) is 0 Å². The van der Waals surface area contributed by atoms with Gasteiger partial charge in [-0.05, 0) is 24.2 Å². The molecule has 0 amide bonds. The number of nitrogens with zero attached hydrogens (tertiary/aromatic N) is 2. The monoisotopic (exact) mass is 316 g/mol. The van der Waals surface area contributed by atoms with Crippen molar-refractivity contribution < 1.29 is 0 Å². The van der Waals surface area contributed by atoms with Crippen molar-refractivity contribution in [2.24, 2.45) is 0 Å². The van der Waals surface area contributed by atoms with E-state index in [1.54, 1.807) is 0 Å². The Bertz CT molecular complexity index is 284. The second-order valence-corrected chi connectivity index (χ2v) is 24.3. The van der Waals surface area contributed by atoms with Crippen molar-refractivity contribution in [1.82, 2.24) is 8.46 Å². The lowest BCUT2D eigenvalue weighted by Crippen LogP contribution is -2.73. The Balaban J connectivity index is 3.40. The molecule has 0 aromatic rings. The lowest BCUT2D eigenvalue weighted by atomic mass is 10.5. The van der Waals surface area contributed by atoms with Crippen LogP contribution in [0, 0.1) is 0 Å². The van der Waals surface area contributed by atoms with Gasteiger partial charge in [-0.25, -0.2) is 0 Å². The van der Waals surface area contributed by atoms with E-state index in [0.717, 1.165) is 11.1 Å². The van der Waals surface area contributed by atoms with Crippen LogP contribution in [-0.2, 0) is 0 Å². The zero-order valence-electron chi connectivity index (χ0n) is 15.0. The van der Waals surface area contributed by atoms with Gasteiger partial charge in [-0.15, -0.1) is 0 Å². The van der Waals surface area contributed by atoms with Crippen molar-refractivity contribution in [2.45, 2.75) is 78.1 Å². The fourth-order valence-electron chi connectivity index (χ4n) is 4.36. The minimum absolute atomic E-state index is 0.827. The SMILES string of the molecule is CC(C)[Si]1(C(C)C)N([Si](C)(C)C)CCN1[Si](C)(C)C. The quantitative estimate of drug-likeness (QED) is 0.703. The molecule has 0 aliphatic carbocycles. The van der Waals surface area contributed by atoms with Crippen LogP contribution in [0.5, 0.6) is 0 Å². The van der Waals surface area contributed by atoms with Gasteiger partial charge in [-0.3, -0.25) is 0 Å². The van der Waals surface area contributed by atoms with Gasteiger partial charge < -0.3 is 8.46 Å². The van der Waals surface area contributed by atoms with Crippen LogP contribution in [0.2, 0.25) is 50.4 Å². The van der Waals surface area contributed by atoms with Crippen molar-refractivity contribution in [3.63, 3.8) is 0 Å². The molecule has 1 rings (SSSR count). The van der Waals surface area contributed by atoms with Gasteiger partial charge in [-0.2, -0.15) is 0 Å². The highest BCUT2D eigenvalue weighted by Gasteiger charge is 2.59. The lowest BCUT2D eigenvalue weighted by molar-refractivity contribution is 0.619. The third-order valence-corrected chi connectivity index (χ3v) is 20.2. The molecule has 0 aromatic carbocycles. The van der Waals surface area contributed by atoms with E-state index in [1.165, 1.54) is 13.1 Å². The van der Waals surface area contributed by atoms with Crippen molar-refractivity contribution in [3.8, 4) is 0 Å². The fraction of sp³-hybridized carbons (Fsp3) is 1.00. The standard InChI is InChI=1S/C14H36N2Si3/c1-13(2)19(14(3)4)15(17(5,6)7)11-12-16(19)18(8,9)10/h13-14H,11-12H2,1-10H3. The maximum atomic E-state index is 3.06. The summed E-state index contributed by atoms with van der Waals surface area (Å²) in [6.07, 6.45) is 0. The van der Waals surface area contributed by atoms with Crippen LogP contribution in [0.1, 0.15) is 27.7 Å². The summed E-state index contributed by atoms with van der Waals surface area (Å²) in [6, 6.07) is 0. The van der Waals surface area contributed by atoms with E-state index in [9.17, 15) is 0 Å². The maximum Gasteiger partial charge on any atom is 0.198 e. The highest BCUT2D eigenvalue weighted by molar-refractivity contribution is 6.98. The molecule has 2 nitrogen and oxygen atoms in total. The molecule has 0 saturated carbocycles. The number of hydrogen-bond acceptors (Lipinski definition) is 2. The number of rotatable bonds is 4. The Morgan fingerprint density at radius 2 is 0.947 bits per heavy atom. The smallest absolute Gasteiger partial charge is 0.198 e. The van der Waals surface area contributed by atoms with Crippen molar-refractivity contribution >= 4 is 24.9 Å². The summed E-state index contributed by atoms with van der Waals surface area (Å²) in [5, 5.41) is 0. The van der Waals surface area contributed by atoms with Gasteiger partial charge in [0.05, 0.1) is 0 Å². The first-order chi connectivity index (χ1) is 8.36. The highest BCUT2D eigenvalue weighted by Crippen LogP contribution is 2.45. The van der Waals surface area contributed by atoms with Gasteiger partial charge in [0.25, 0.3) is 0 Å². The van der Waals surface area contributed by atoms with Crippen LogP contribution in [0.25, 0.3) is 0 Å². The molecule has 0 N–H and O–H groups in total. The average molecular weight is 317 g/mol. The Hall–Kier alpha value is 0.571. The zero-order valence-corrected chi connectivity index (χ0v) is 18.0. The molecule has 0 atom stereocenters. The molecule has 1 aliphatic heterocycles. The summed E-state index contributed by atoms with van der Waals surface area (Å²) in [6.45, 7) is 28.0. The molecular formula is C14H36N2Si3. The molecule has 1 saturated heterocycles. The van der Waals surface area contributed by atoms with Crippen LogP contribution in [0.3, 0.4) is 0 Å². The van der Waals surface area contributed by atoms with E-state index in [0.29, 0.717) is 0 Å². The second-order valence-electron chi connectivity index (χ2n) is 8.74. The van der Waals surface area contributed by atoms with Crippen LogP contribution >= 0.6 is 0 Å². The fourth-order valence-corrected chi connectivity index (χ4v) is 23.7. The molecule has 114 valence electrons. The van der Waals surface area contributed by atoms with Gasteiger partial charge >= 0.3 is 0 Å². The van der Waals surface area contributed by atoms with Crippen LogP contribution in [0.4, 0.5) is 0 Å². The lowest BCUT2D eigenvalue weighted by Gasteiger charge is -2.55. The van der Waals surface area contributed by atoms with Crippen molar-refractivity contribution in [2.75, 3.05) is 13.1 Å². The molecule has 0 spiro atoms. The van der Waals surface area contributed by atoms with E-state index >= 15 is 0 Å². The Morgan fingerprint density at radius 1 is 0.684 bits per heavy atom. The van der Waals surface area contributed by atoms with E-state index in [1.807, 2.05) is 0 Å². The first-order valence-corrected chi connectivity index (χ1v) is 16.9. The van der Waals surface area contributed by atoms with Crippen LogP contribution in [-0.4, -0.2) is 46.4 Å².